The average Bonchev–Trinajstić information content (AvgIpc) is 3.17. The SMILES string of the molecule is CCCCCc1c(O)c(O)n(CCCn2ccnc2)c1C(O)CO. The first kappa shape index (κ1) is 18.4. The minimum atomic E-state index is -1.12. The van der Waals surface area contributed by atoms with Gasteiger partial charge < -0.3 is 29.6 Å². The van der Waals surface area contributed by atoms with E-state index in [0.717, 1.165) is 19.3 Å². The lowest BCUT2D eigenvalue weighted by Gasteiger charge is -2.15. The molecule has 0 saturated heterocycles. The Morgan fingerprint density at radius 1 is 1.17 bits per heavy atom. The number of hydrogen-bond donors (Lipinski definition) is 4. The third-order valence-corrected chi connectivity index (χ3v) is 4.23. The van der Waals surface area contributed by atoms with Crippen molar-refractivity contribution in [2.75, 3.05) is 6.61 Å². The van der Waals surface area contributed by atoms with Crippen LogP contribution >= 0.6 is 0 Å². The van der Waals surface area contributed by atoms with Crippen molar-refractivity contribution in [3.63, 3.8) is 0 Å². The quantitative estimate of drug-likeness (QED) is 0.496. The summed E-state index contributed by atoms with van der Waals surface area (Å²) in [5, 5.41) is 40.0. The molecule has 7 heteroatoms. The maximum atomic E-state index is 10.3. The molecule has 24 heavy (non-hydrogen) atoms. The molecule has 0 amide bonds. The van der Waals surface area contributed by atoms with E-state index in [1.807, 2.05) is 10.8 Å². The number of aromatic hydroxyl groups is 2. The number of hydrogen-bond acceptors (Lipinski definition) is 5. The fraction of sp³-hybridized carbons (Fsp3) is 0.588. The van der Waals surface area contributed by atoms with Crippen LogP contribution in [0.25, 0.3) is 0 Å². The molecule has 0 aliphatic carbocycles. The van der Waals surface area contributed by atoms with Gasteiger partial charge in [-0.1, -0.05) is 19.8 Å². The second-order valence-corrected chi connectivity index (χ2v) is 6.00. The Kier molecular flexibility index (Phi) is 6.69. The molecule has 2 aromatic heterocycles. The number of aliphatic hydroxyl groups excluding tert-OH is 2. The van der Waals surface area contributed by atoms with Gasteiger partial charge in [0.05, 0.1) is 18.6 Å². The van der Waals surface area contributed by atoms with Gasteiger partial charge in [0, 0.05) is 31.0 Å². The monoisotopic (exact) mass is 337 g/mol. The Balaban J connectivity index is 2.19. The maximum Gasteiger partial charge on any atom is 0.235 e. The van der Waals surface area contributed by atoms with Crippen molar-refractivity contribution in [2.24, 2.45) is 0 Å². The molecule has 0 aliphatic heterocycles. The zero-order chi connectivity index (χ0) is 17.5. The van der Waals surface area contributed by atoms with Crippen LogP contribution in [-0.2, 0) is 19.5 Å². The smallest absolute Gasteiger partial charge is 0.235 e. The molecule has 0 radical (unpaired) electrons. The zero-order valence-electron chi connectivity index (χ0n) is 14.1. The highest BCUT2D eigenvalue weighted by molar-refractivity contribution is 5.48. The molecule has 4 N–H and O–H groups in total. The fourth-order valence-corrected chi connectivity index (χ4v) is 2.98. The van der Waals surface area contributed by atoms with Gasteiger partial charge >= 0.3 is 0 Å². The fourth-order valence-electron chi connectivity index (χ4n) is 2.98. The van der Waals surface area contributed by atoms with Gasteiger partial charge in [0.25, 0.3) is 0 Å². The summed E-state index contributed by atoms with van der Waals surface area (Å²) >= 11 is 0. The van der Waals surface area contributed by atoms with Gasteiger partial charge in [-0.25, -0.2) is 4.98 Å². The summed E-state index contributed by atoms with van der Waals surface area (Å²) < 4.78 is 3.43. The van der Waals surface area contributed by atoms with Crippen molar-refractivity contribution in [2.45, 2.75) is 58.2 Å². The number of aromatic nitrogens is 3. The largest absolute Gasteiger partial charge is 0.503 e. The Hall–Kier alpha value is -1.99. The number of unbranched alkanes of at least 4 members (excludes halogenated alkanes) is 2. The third kappa shape index (κ3) is 4.10. The normalized spacial score (nSPS) is 12.6. The number of aliphatic hydroxyl groups is 2. The predicted octanol–water partition coefficient (Wildman–Crippen LogP) is 1.94. The van der Waals surface area contributed by atoms with Crippen molar-refractivity contribution >= 4 is 0 Å². The Bertz CT molecular complexity index is 622. The van der Waals surface area contributed by atoms with E-state index in [1.54, 1.807) is 12.5 Å². The van der Waals surface area contributed by atoms with E-state index in [4.69, 9.17) is 0 Å². The van der Waals surface area contributed by atoms with E-state index in [9.17, 15) is 20.4 Å². The number of imidazole rings is 1. The summed E-state index contributed by atoms with van der Waals surface area (Å²) in [4.78, 5) is 3.98. The van der Waals surface area contributed by atoms with E-state index in [2.05, 4.69) is 11.9 Å². The van der Waals surface area contributed by atoms with Crippen molar-refractivity contribution < 1.29 is 20.4 Å². The van der Waals surface area contributed by atoms with Crippen LogP contribution in [0.15, 0.2) is 18.7 Å². The van der Waals surface area contributed by atoms with Gasteiger partial charge in [0.1, 0.15) is 6.10 Å². The lowest BCUT2D eigenvalue weighted by Crippen LogP contribution is -2.14. The third-order valence-electron chi connectivity index (χ3n) is 4.23. The van der Waals surface area contributed by atoms with Crippen LogP contribution in [0.3, 0.4) is 0 Å². The van der Waals surface area contributed by atoms with Gasteiger partial charge in [-0.3, -0.25) is 0 Å². The first-order chi connectivity index (χ1) is 11.6. The lowest BCUT2D eigenvalue weighted by atomic mass is 10.0. The highest BCUT2D eigenvalue weighted by Gasteiger charge is 2.26. The number of nitrogens with zero attached hydrogens (tertiary/aromatic N) is 3. The second kappa shape index (κ2) is 8.75. The zero-order valence-corrected chi connectivity index (χ0v) is 14.1. The molecule has 134 valence electrons. The highest BCUT2D eigenvalue weighted by atomic mass is 16.3. The highest BCUT2D eigenvalue weighted by Crippen LogP contribution is 2.39. The Morgan fingerprint density at radius 2 is 1.96 bits per heavy atom. The molecule has 2 aromatic rings. The van der Waals surface area contributed by atoms with Crippen LogP contribution in [0, 0.1) is 0 Å². The molecule has 2 rings (SSSR count). The minimum absolute atomic E-state index is 0.184. The van der Waals surface area contributed by atoms with Gasteiger partial charge in [-0.05, 0) is 19.3 Å². The molecular formula is C17H27N3O4. The maximum absolute atomic E-state index is 10.3. The Morgan fingerprint density at radius 3 is 2.58 bits per heavy atom. The summed E-state index contributed by atoms with van der Waals surface area (Å²) in [6, 6.07) is 0. The summed E-state index contributed by atoms with van der Waals surface area (Å²) in [7, 11) is 0. The molecule has 0 fully saturated rings. The van der Waals surface area contributed by atoms with Crippen LogP contribution in [0.1, 0.15) is 50.0 Å². The van der Waals surface area contributed by atoms with Gasteiger partial charge in [0.2, 0.25) is 5.88 Å². The van der Waals surface area contributed by atoms with Crippen LogP contribution in [0.4, 0.5) is 0 Å². The van der Waals surface area contributed by atoms with Crippen molar-refractivity contribution in [1.82, 2.24) is 14.1 Å². The molecule has 0 bridgehead atoms. The summed E-state index contributed by atoms with van der Waals surface area (Å²) in [6.07, 6.45) is 8.29. The van der Waals surface area contributed by atoms with E-state index in [1.165, 1.54) is 4.57 Å². The van der Waals surface area contributed by atoms with Crippen molar-refractivity contribution in [1.29, 1.82) is 0 Å². The van der Waals surface area contributed by atoms with Crippen LogP contribution in [0.2, 0.25) is 0 Å². The van der Waals surface area contributed by atoms with E-state index >= 15 is 0 Å². The van der Waals surface area contributed by atoms with Crippen LogP contribution < -0.4 is 0 Å². The number of aryl methyl sites for hydroxylation is 1. The second-order valence-electron chi connectivity index (χ2n) is 6.00. The first-order valence-electron chi connectivity index (χ1n) is 8.48. The van der Waals surface area contributed by atoms with Crippen LogP contribution in [-0.4, -0.2) is 41.2 Å². The average molecular weight is 337 g/mol. The molecule has 1 unspecified atom stereocenters. The molecule has 7 nitrogen and oxygen atoms in total. The summed E-state index contributed by atoms with van der Waals surface area (Å²) in [6.45, 7) is 2.77. The number of rotatable bonds is 10. The van der Waals surface area contributed by atoms with E-state index < -0.39 is 12.7 Å². The van der Waals surface area contributed by atoms with Gasteiger partial charge in [-0.15, -0.1) is 0 Å². The molecular weight excluding hydrogens is 310 g/mol. The van der Waals surface area contributed by atoms with Crippen molar-refractivity contribution in [3.05, 3.63) is 30.0 Å². The molecule has 1 atom stereocenters. The van der Waals surface area contributed by atoms with Gasteiger partial charge in [-0.2, -0.15) is 0 Å². The minimum Gasteiger partial charge on any atom is -0.503 e. The Labute approximate surface area is 141 Å². The first-order valence-corrected chi connectivity index (χ1v) is 8.48. The van der Waals surface area contributed by atoms with E-state index in [0.29, 0.717) is 37.2 Å². The summed E-state index contributed by atoms with van der Waals surface area (Å²) in [5.41, 5.74) is 0.944. The topological polar surface area (TPSA) is 104 Å². The lowest BCUT2D eigenvalue weighted by molar-refractivity contribution is 0.0875. The van der Waals surface area contributed by atoms with Crippen molar-refractivity contribution in [3.8, 4) is 11.6 Å². The molecule has 2 heterocycles. The van der Waals surface area contributed by atoms with Gasteiger partial charge in [0.15, 0.2) is 5.75 Å². The molecule has 0 aliphatic rings. The predicted molar refractivity (Wildman–Crippen MR) is 89.9 cm³/mol. The standard InChI is InChI=1S/C17H27N3O4/c1-2-3-4-6-13-15(14(22)11-21)20(17(24)16(13)23)9-5-8-19-10-7-18-12-19/h7,10,12,14,21-24H,2-6,8-9,11H2,1H3. The molecule has 0 saturated carbocycles. The molecule has 0 spiro atoms. The van der Waals surface area contributed by atoms with Crippen LogP contribution in [0.5, 0.6) is 11.6 Å². The summed E-state index contributed by atoms with van der Waals surface area (Å²) in [5.74, 6) is -0.425. The van der Waals surface area contributed by atoms with E-state index in [-0.39, 0.29) is 11.6 Å². The molecule has 0 aromatic carbocycles.